The highest BCUT2D eigenvalue weighted by Crippen LogP contribution is 2.24. The number of nitrogens with zero attached hydrogens (tertiary/aromatic N) is 1. The average Bonchev–Trinajstić information content (AvgIpc) is 2.40. The topological polar surface area (TPSA) is 3.24 Å². The van der Waals surface area contributed by atoms with Crippen LogP contribution in [0.25, 0.3) is 0 Å². The van der Waals surface area contributed by atoms with Crippen molar-refractivity contribution >= 4 is 0 Å². The van der Waals surface area contributed by atoms with Gasteiger partial charge in [0.2, 0.25) is 0 Å². The van der Waals surface area contributed by atoms with Gasteiger partial charge in [0.1, 0.15) is 0 Å². The lowest BCUT2D eigenvalue weighted by Gasteiger charge is -2.35. The Labute approximate surface area is 112 Å². The van der Waals surface area contributed by atoms with Crippen molar-refractivity contribution in [2.45, 2.75) is 58.5 Å². The lowest BCUT2D eigenvalue weighted by atomic mass is 9.93. The van der Waals surface area contributed by atoms with Crippen LogP contribution in [-0.4, -0.2) is 17.5 Å². The first-order valence-corrected chi connectivity index (χ1v) is 7.53. The monoisotopic (exact) mass is 245 g/mol. The Balaban J connectivity index is 1.99. The van der Waals surface area contributed by atoms with Crippen molar-refractivity contribution in [2.24, 2.45) is 5.92 Å². The second kappa shape index (κ2) is 6.94. The highest BCUT2D eigenvalue weighted by Gasteiger charge is 2.21. The van der Waals surface area contributed by atoms with Gasteiger partial charge in [0.05, 0.1) is 0 Å². The molecule has 1 aromatic rings. The molecule has 2 rings (SSSR count). The smallest absolute Gasteiger partial charge is 0.0236 e. The molecule has 1 aromatic carbocycles. The number of rotatable bonds is 5. The van der Waals surface area contributed by atoms with Crippen LogP contribution in [0, 0.1) is 5.92 Å². The van der Waals surface area contributed by atoms with E-state index in [2.05, 4.69) is 49.1 Å². The quantitative estimate of drug-likeness (QED) is 0.739. The van der Waals surface area contributed by atoms with E-state index in [1.54, 1.807) is 0 Å². The third kappa shape index (κ3) is 4.13. The van der Waals surface area contributed by atoms with Crippen LogP contribution >= 0.6 is 0 Å². The largest absolute Gasteiger partial charge is 0.296 e. The van der Waals surface area contributed by atoms with Crippen molar-refractivity contribution in [1.29, 1.82) is 0 Å². The molecule has 18 heavy (non-hydrogen) atoms. The maximum atomic E-state index is 2.72. The van der Waals surface area contributed by atoms with Gasteiger partial charge in [-0.05, 0) is 24.3 Å². The fraction of sp³-hybridized carbons (Fsp3) is 0.647. The van der Waals surface area contributed by atoms with Crippen LogP contribution < -0.4 is 0 Å². The van der Waals surface area contributed by atoms with E-state index in [0.717, 1.165) is 18.5 Å². The van der Waals surface area contributed by atoms with E-state index in [1.807, 2.05) is 0 Å². The minimum atomic E-state index is 0.760. The minimum Gasteiger partial charge on any atom is -0.296 e. The predicted molar refractivity (Wildman–Crippen MR) is 78.6 cm³/mol. The molecule has 1 fully saturated rings. The van der Waals surface area contributed by atoms with Crippen molar-refractivity contribution in [3.63, 3.8) is 0 Å². The van der Waals surface area contributed by atoms with Crippen molar-refractivity contribution in [2.75, 3.05) is 6.54 Å². The van der Waals surface area contributed by atoms with Gasteiger partial charge in [0.15, 0.2) is 0 Å². The van der Waals surface area contributed by atoms with Gasteiger partial charge in [0.25, 0.3) is 0 Å². The molecule has 1 aliphatic rings. The molecule has 0 spiro atoms. The Bertz CT molecular complexity index is 325. The zero-order chi connectivity index (χ0) is 12.8. The molecule has 0 aliphatic heterocycles. The summed E-state index contributed by atoms with van der Waals surface area (Å²) in [5.74, 6) is 0.760. The molecule has 0 N–H and O–H groups in total. The summed E-state index contributed by atoms with van der Waals surface area (Å²) in [6, 6.07) is 11.8. The van der Waals surface area contributed by atoms with Crippen LogP contribution in [0.15, 0.2) is 30.3 Å². The number of hydrogen-bond acceptors (Lipinski definition) is 1. The van der Waals surface area contributed by atoms with Crippen LogP contribution in [0.5, 0.6) is 0 Å². The molecule has 100 valence electrons. The van der Waals surface area contributed by atoms with E-state index in [0.29, 0.717) is 0 Å². The van der Waals surface area contributed by atoms with Crippen LogP contribution in [0.1, 0.15) is 51.5 Å². The second-order valence-electron chi connectivity index (χ2n) is 6.10. The molecular weight excluding hydrogens is 218 g/mol. The third-order valence-corrected chi connectivity index (χ3v) is 3.92. The fourth-order valence-corrected chi connectivity index (χ4v) is 3.08. The first-order valence-electron chi connectivity index (χ1n) is 7.53. The van der Waals surface area contributed by atoms with Gasteiger partial charge in [-0.3, -0.25) is 4.90 Å². The molecule has 0 saturated heterocycles. The maximum Gasteiger partial charge on any atom is 0.0236 e. The van der Waals surface area contributed by atoms with Gasteiger partial charge in [0, 0.05) is 19.1 Å². The molecule has 1 saturated carbocycles. The zero-order valence-electron chi connectivity index (χ0n) is 11.9. The fourth-order valence-electron chi connectivity index (χ4n) is 3.08. The van der Waals surface area contributed by atoms with E-state index in [9.17, 15) is 0 Å². The van der Waals surface area contributed by atoms with Crippen LogP contribution in [0.3, 0.4) is 0 Å². The van der Waals surface area contributed by atoms with Gasteiger partial charge in [-0.25, -0.2) is 0 Å². The molecular formula is C17H27N. The molecule has 0 heterocycles. The normalized spacial score (nSPS) is 17.6. The molecule has 1 aliphatic carbocycles. The highest BCUT2D eigenvalue weighted by atomic mass is 15.2. The summed E-state index contributed by atoms with van der Waals surface area (Å²) in [6.07, 6.45) is 7.10. The summed E-state index contributed by atoms with van der Waals surface area (Å²) in [7, 11) is 0. The maximum absolute atomic E-state index is 2.72. The molecule has 1 heteroatoms. The molecule has 0 unspecified atom stereocenters. The second-order valence-corrected chi connectivity index (χ2v) is 6.10. The molecule has 0 amide bonds. The minimum absolute atomic E-state index is 0.760. The van der Waals surface area contributed by atoms with E-state index in [1.165, 1.54) is 44.2 Å². The summed E-state index contributed by atoms with van der Waals surface area (Å²) in [4.78, 5) is 2.72. The van der Waals surface area contributed by atoms with E-state index < -0.39 is 0 Å². The molecule has 1 nitrogen and oxygen atoms in total. The summed E-state index contributed by atoms with van der Waals surface area (Å²) in [5, 5.41) is 0. The van der Waals surface area contributed by atoms with Gasteiger partial charge in [-0.2, -0.15) is 0 Å². The highest BCUT2D eigenvalue weighted by molar-refractivity contribution is 5.14. The van der Waals surface area contributed by atoms with Gasteiger partial charge in [-0.1, -0.05) is 63.4 Å². The summed E-state index contributed by atoms with van der Waals surface area (Å²) >= 11 is 0. The van der Waals surface area contributed by atoms with Crippen LogP contribution in [0.4, 0.5) is 0 Å². The Morgan fingerprint density at radius 3 is 2.33 bits per heavy atom. The first-order chi connectivity index (χ1) is 8.75. The van der Waals surface area contributed by atoms with Crippen molar-refractivity contribution in [3.05, 3.63) is 35.9 Å². The van der Waals surface area contributed by atoms with Crippen molar-refractivity contribution in [3.8, 4) is 0 Å². The zero-order valence-corrected chi connectivity index (χ0v) is 11.9. The Morgan fingerprint density at radius 1 is 1.06 bits per heavy atom. The number of hydrogen-bond donors (Lipinski definition) is 0. The Kier molecular flexibility index (Phi) is 5.25. The Hall–Kier alpha value is -0.820. The molecule has 0 aromatic heterocycles. The summed E-state index contributed by atoms with van der Waals surface area (Å²) < 4.78 is 0. The first kappa shape index (κ1) is 13.6. The molecule has 0 bridgehead atoms. The standard InChI is InChI=1S/C17H27N/c1-15(2)13-18(17-11-7-4-8-12-17)14-16-9-5-3-6-10-16/h3,5-6,9-10,15,17H,4,7-8,11-14H2,1-2H3. The van der Waals surface area contributed by atoms with E-state index in [-0.39, 0.29) is 0 Å². The lowest BCUT2D eigenvalue weighted by molar-refractivity contribution is 0.132. The lowest BCUT2D eigenvalue weighted by Crippen LogP contribution is -2.38. The van der Waals surface area contributed by atoms with Crippen molar-refractivity contribution < 1.29 is 0 Å². The van der Waals surface area contributed by atoms with E-state index in [4.69, 9.17) is 0 Å². The average molecular weight is 245 g/mol. The summed E-state index contributed by atoms with van der Waals surface area (Å²) in [5.41, 5.74) is 1.46. The number of benzene rings is 1. The molecule has 0 atom stereocenters. The third-order valence-electron chi connectivity index (χ3n) is 3.92. The van der Waals surface area contributed by atoms with Crippen molar-refractivity contribution in [1.82, 2.24) is 4.90 Å². The summed E-state index contributed by atoms with van der Waals surface area (Å²) in [6.45, 7) is 7.03. The Morgan fingerprint density at radius 2 is 1.72 bits per heavy atom. The van der Waals surface area contributed by atoms with Crippen LogP contribution in [0.2, 0.25) is 0 Å². The van der Waals surface area contributed by atoms with Gasteiger partial charge in [-0.15, -0.1) is 0 Å². The molecule has 0 radical (unpaired) electrons. The van der Waals surface area contributed by atoms with Crippen LogP contribution in [-0.2, 0) is 6.54 Å². The van der Waals surface area contributed by atoms with Gasteiger partial charge >= 0.3 is 0 Å². The SMILES string of the molecule is CC(C)CN(Cc1ccccc1)C1CCCCC1. The van der Waals surface area contributed by atoms with E-state index >= 15 is 0 Å². The van der Waals surface area contributed by atoms with Gasteiger partial charge < -0.3 is 0 Å². The predicted octanol–water partition coefficient (Wildman–Crippen LogP) is 4.48.